The van der Waals surface area contributed by atoms with Crippen LogP contribution in [0.3, 0.4) is 0 Å². The lowest BCUT2D eigenvalue weighted by atomic mass is 9.97. The number of nitrogens with zero attached hydrogens (tertiary/aromatic N) is 4. The third kappa shape index (κ3) is 12.1. The molecule has 216 valence electrons. The molecule has 7 nitrogen and oxygen atoms in total. The molecule has 0 spiro atoms. The number of rotatable bonds is 15. The second kappa shape index (κ2) is 17.4. The van der Waals surface area contributed by atoms with Gasteiger partial charge in [0.15, 0.2) is 0 Å². The van der Waals surface area contributed by atoms with E-state index in [-0.39, 0.29) is 18.1 Å². The van der Waals surface area contributed by atoms with Gasteiger partial charge in [0, 0.05) is 42.7 Å². The number of aromatic nitrogens is 1. The summed E-state index contributed by atoms with van der Waals surface area (Å²) < 4.78 is 5.60. The van der Waals surface area contributed by atoms with Gasteiger partial charge in [-0.2, -0.15) is 0 Å². The van der Waals surface area contributed by atoms with E-state index in [2.05, 4.69) is 47.7 Å². The van der Waals surface area contributed by atoms with Crippen LogP contribution in [0.15, 0.2) is 71.6 Å². The molecule has 7 heteroatoms. The highest BCUT2D eigenvalue weighted by Gasteiger charge is 2.17. The smallest absolute Gasteiger partial charge is 0.134 e. The highest BCUT2D eigenvalue weighted by Crippen LogP contribution is 2.28. The number of anilines is 2. The van der Waals surface area contributed by atoms with E-state index >= 15 is 0 Å². The van der Waals surface area contributed by atoms with Gasteiger partial charge in [0.05, 0.1) is 30.8 Å². The van der Waals surface area contributed by atoms with Crippen molar-refractivity contribution in [1.82, 2.24) is 4.98 Å². The van der Waals surface area contributed by atoms with E-state index in [0.29, 0.717) is 12.4 Å². The van der Waals surface area contributed by atoms with Crippen LogP contribution in [0.2, 0.25) is 0 Å². The van der Waals surface area contributed by atoms with Gasteiger partial charge in [-0.1, -0.05) is 59.4 Å². The monoisotopic (exact) mass is 537 g/mol. The van der Waals surface area contributed by atoms with Gasteiger partial charge in [-0.3, -0.25) is 0 Å². The van der Waals surface area contributed by atoms with Crippen molar-refractivity contribution in [3.63, 3.8) is 0 Å². The lowest BCUT2D eigenvalue weighted by Crippen LogP contribution is -2.30. The van der Waals surface area contributed by atoms with Crippen molar-refractivity contribution >= 4 is 28.7 Å². The van der Waals surface area contributed by atoms with E-state index in [9.17, 15) is 5.11 Å². The quantitative estimate of drug-likeness (QED) is 0.114. The van der Waals surface area contributed by atoms with Crippen molar-refractivity contribution in [1.29, 1.82) is 0 Å². The number of fused-ring (bicyclic) bond motifs is 1. The van der Waals surface area contributed by atoms with Crippen molar-refractivity contribution in [2.24, 2.45) is 16.1 Å². The maximum absolute atomic E-state index is 9.33. The molecule has 0 saturated heterocycles. The SMILES string of the molecule is C=C(/C=C\C=C(/C)N=CN(C)c1ccc2cccc(N(CCC)CCC(C)N)c2n1)OCC(C)(C)CO.CC. The summed E-state index contributed by atoms with van der Waals surface area (Å²) in [5.41, 5.74) is 8.69. The van der Waals surface area contributed by atoms with Crippen molar-refractivity contribution in [2.75, 3.05) is 43.2 Å². The second-order valence-corrected chi connectivity index (χ2v) is 10.4. The van der Waals surface area contributed by atoms with Crippen molar-refractivity contribution < 1.29 is 9.84 Å². The van der Waals surface area contributed by atoms with Crippen LogP contribution in [0, 0.1) is 5.41 Å². The highest BCUT2D eigenvalue weighted by molar-refractivity contribution is 5.93. The van der Waals surface area contributed by atoms with E-state index in [1.807, 2.05) is 71.7 Å². The Morgan fingerprint density at radius 2 is 1.95 bits per heavy atom. The second-order valence-electron chi connectivity index (χ2n) is 10.4. The fourth-order valence-corrected chi connectivity index (χ4v) is 3.51. The van der Waals surface area contributed by atoms with Gasteiger partial charge >= 0.3 is 0 Å². The van der Waals surface area contributed by atoms with Gasteiger partial charge in [0.1, 0.15) is 11.6 Å². The maximum atomic E-state index is 9.33. The Morgan fingerprint density at radius 3 is 2.59 bits per heavy atom. The minimum Gasteiger partial charge on any atom is -0.494 e. The highest BCUT2D eigenvalue weighted by atomic mass is 16.5. The summed E-state index contributed by atoms with van der Waals surface area (Å²) in [5, 5.41) is 10.4. The van der Waals surface area contributed by atoms with Gasteiger partial charge in [0.2, 0.25) is 0 Å². The predicted molar refractivity (Wildman–Crippen MR) is 170 cm³/mol. The lowest BCUT2D eigenvalue weighted by molar-refractivity contribution is 0.0670. The first-order valence-electron chi connectivity index (χ1n) is 14.0. The molecule has 0 aliphatic heterocycles. The van der Waals surface area contributed by atoms with Crippen LogP contribution in [0.1, 0.15) is 61.3 Å². The Labute approximate surface area is 236 Å². The molecule has 1 heterocycles. The van der Waals surface area contributed by atoms with Crippen molar-refractivity contribution in [2.45, 2.75) is 67.3 Å². The number of para-hydroxylation sites is 1. The molecule has 1 aromatic heterocycles. The fraction of sp³-hybridized carbons (Fsp3) is 0.500. The zero-order chi connectivity index (χ0) is 29.4. The van der Waals surface area contributed by atoms with Crippen LogP contribution in [-0.2, 0) is 4.74 Å². The summed E-state index contributed by atoms with van der Waals surface area (Å²) in [5.74, 6) is 1.37. The fourth-order valence-electron chi connectivity index (χ4n) is 3.51. The largest absolute Gasteiger partial charge is 0.494 e. The zero-order valence-electron chi connectivity index (χ0n) is 25.4. The Balaban J connectivity index is 0.00000371. The zero-order valence-corrected chi connectivity index (χ0v) is 25.4. The Hall–Kier alpha value is -3.16. The number of benzene rings is 1. The van der Waals surface area contributed by atoms with E-state index < -0.39 is 0 Å². The third-order valence-electron chi connectivity index (χ3n) is 5.86. The van der Waals surface area contributed by atoms with E-state index in [1.165, 1.54) is 0 Å². The summed E-state index contributed by atoms with van der Waals surface area (Å²) in [7, 11) is 1.95. The third-order valence-corrected chi connectivity index (χ3v) is 5.86. The summed E-state index contributed by atoms with van der Waals surface area (Å²) in [6.07, 6.45) is 9.29. The number of ether oxygens (including phenoxy) is 1. The average molecular weight is 538 g/mol. The van der Waals surface area contributed by atoms with E-state index in [4.69, 9.17) is 15.5 Å². The molecule has 1 atom stereocenters. The Kier molecular flexibility index (Phi) is 15.1. The topological polar surface area (TPSA) is 87.2 Å². The lowest BCUT2D eigenvalue weighted by Gasteiger charge is -2.26. The average Bonchev–Trinajstić information content (AvgIpc) is 2.93. The van der Waals surface area contributed by atoms with Gasteiger partial charge in [-0.25, -0.2) is 9.98 Å². The van der Waals surface area contributed by atoms with Gasteiger partial charge in [0.25, 0.3) is 0 Å². The molecule has 0 saturated carbocycles. The molecule has 0 fully saturated rings. The molecule has 1 unspecified atom stereocenters. The molecule has 39 heavy (non-hydrogen) atoms. The summed E-state index contributed by atoms with van der Waals surface area (Å²) in [4.78, 5) is 13.9. The van der Waals surface area contributed by atoms with Gasteiger partial charge < -0.3 is 25.4 Å². The number of aliphatic hydroxyl groups is 1. The molecule has 0 aliphatic rings. The van der Waals surface area contributed by atoms with Crippen LogP contribution in [-0.4, -0.2) is 55.8 Å². The number of aliphatic imine (C=N–C) groups is 1. The first kappa shape index (κ1) is 33.9. The van der Waals surface area contributed by atoms with Crippen LogP contribution in [0.25, 0.3) is 10.9 Å². The molecule has 2 aromatic rings. The normalized spacial score (nSPS) is 12.9. The standard InChI is InChI=1S/C30H45N5O2.C2H6/c1-8-18-35(19-17-23(2)31)27-14-10-13-26-15-16-28(33-29(26)27)34(7)22-32-24(3)11-9-12-25(4)37-21-30(5,6)20-36;1-2/h9-16,22-23,36H,4,8,17-21,31H2,1-3,5-7H3;1-2H3/b12-9-,24-11+,32-22?;. The summed E-state index contributed by atoms with van der Waals surface area (Å²) in [6, 6.07) is 10.6. The Bertz CT molecular complexity index is 1100. The molecular formula is C32H51N5O2. The molecule has 0 amide bonds. The van der Waals surface area contributed by atoms with E-state index in [0.717, 1.165) is 54.0 Å². The van der Waals surface area contributed by atoms with Crippen LogP contribution < -0.4 is 15.5 Å². The van der Waals surface area contributed by atoms with Crippen molar-refractivity contribution in [3.05, 3.63) is 66.6 Å². The number of pyridine rings is 1. The minimum atomic E-state index is -0.299. The predicted octanol–water partition coefficient (Wildman–Crippen LogP) is 6.69. The first-order chi connectivity index (χ1) is 18.6. The van der Waals surface area contributed by atoms with Crippen LogP contribution >= 0.6 is 0 Å². The minimum absolute atomic E-state index is 0.0587. The Morgan fingerprint density at radius 1 is 1.23 bits per heavy atom. The molecule has 0 radical (unpaired) electrons. The van der Waals surface area contributed by atoms with Crippen LogP contribution in [0.4, 0.5) is 11.5 Å². The number of allylic oxidation sites excluding steroid dienone is 4. The van der Waals surface area contributed by atoms with Crippen LogP contribution in [0.5, 0.6) is 0 Å². The maximum Gasteiger partial charge on any atom is 0.134 e. The molecule has 0 bridgehead atoms. The molecule has 2 rings (SSSR count). The molecule has 3 N–H and O–H groups in total. The number of aliphatic hydroxyl groups excluding tert-OH is 1. The summed E-state index contributed by atoms with van der Waals surface area (Å²) >= 11 is 0. The summed E-state index contributed by atoms with van der Waals surface area (Å²) in [6.45, 7) is 20.3. The number of hydrogen-bond donors (Lipinski definition) is 2. The molecule has 0 aliphatic carbocycles. The molecule has 1 aromatic carbocycles. The van der Waals surface area contributed by atoms with Gasteiger partial charge in [-0.05, 0) is 57.0 Å². The van der Waals surface area contributed by atoms with E-state index in [1.54, 1.807) is 12.4 Å². The van der Waals surface area contributed by atoms with Gasteiger partial charge in [-0.15, -0.1) is 0 Å². The molecular weight excluding hydrogens is 486 g/mol. The number of hydrogen-bond acceptors (Lipinski definition) is 6. The number of nitrogens with two attached hydrogens (primary N) is 1. The first-order valence-corrected chi connectivity index (χ1v) is 14.0. The van der Waals surface area contributed by atoms with Crippen molar-refractivity contribution in [3.8, 4) is 0 Å².